The maximum Gasteiger partial charge on any atom is 0.276 e. The van der Waals surface area contributed by atoms with Gasteiger partial charge in [-0.2, -0.15) is 0 Å². The van der Waals surface area contributed by atoms with Gasteiger partial charge < -0.3 is 4.42 Å². The molecule has 3 aromatic heterocycles. The molecule has 0 saturated carbocycles. The van der Waals surface area contributed by atoms with Crippen LogP contribution in [-0.2, 0) is 0 Å². The number of nitrogens with zero attached hydrogens (tertiary/aromatic N) is 7. The molecular weight excluding hydrogens is 374 g/mol. The van der Waals surface area contributed by atoms with E-state index < -0.39 is 0 Å². The van der Waals surface area contributed by atoms with Gasteiger partial charge in [0, 0.05) is 11.1 Å². The van der Waals surface area contributed by atoms with Crippen LogP contribution in [0.4, 0.5) is 0 Å². The van der Waals surface area contributed by atoms with Gasteiger partial charge in [-0.15, -0.1) is 25.0 Å². The summed E-state index contributed by atoms with van der Waals surface area (Å²) in [6.07, 6.45) is 1.88. The number of tetrazole rings is 1. The molecule has 0 atom stereocenters. The van der Waals surface area contributed by atoms with Gasteiger partial charge in [0.2, 0.25) is 5.65 Å². The molecule has 0 amide bonds. The van der Waals surface area contributed by atoms with Crippen LogP contribution < -0.4 is 0 Å². The molecule has 9 heteroatoms. The minimum Gasteiger partial charge on any atom is -0.411 e. The van der Waals surface area contributed by atoms with E-state index in [1.54, 1.807) is 0 Å². The Bertz CT molecular complexity index is 1250. The van der Waals surface area contributed by atoms with E-state index in [4.69, 9.17) is 4.42 Å². The largest absolute Gasteiger partial charge is 0.411 e. The second-order valence-corrected chi connectivity index (χ2v) is 6.66. The zero-order chi connectivity index (χ0) is 18.9. The van der Waals surface area contributed by atoms with E-state index in [2.05, 4.69) is 30.8 Å². The van der Waals surface area contributed by atoms with Gasteiger partial charge in [0.1, 0.15) is 5.69 Å². The Morgan fingerprint density at radius 2 is 1.54 bits per heavy atom. The highest BCUT2D eigenvalue weighted by atomic mass is 32.2. The molecule has 0 aliphatic rings. The lowest BCUT2D eigenvalue weighted by Crippen LogP contribution is -2.03. The van der Waals surface area contributed by atoms with Gasteiger partial charge in [0.15, 0.2) is 0 Å². The molecule has 3 heterocycles. The summed E-state index contributed by atoms with van der Waals surface area (Å²) in [6.45, 7) is 0. The lowest BCUT2D eigenvalue weighted by Gasteiger charge is -2.13. The van der Waals surface area contributed by atoms with Crippen LogP contribution in [0.1, 0.15) is 0 Å². The molecule has 0 spiro atoms. The predicted octanol–water partition coefficient (Wildman–Crippen LogP) is 3.63. The highest BCUT2D eigenvalue weighted by Crippen LogP contribution is 2.40. The lowest BCUT2D eigenvalue weighted by molar-refractivity contribution is 0.466. The number of aromatic nitrogens is 7. The van der Waals surface area contributed by atoms with Gasteiger partial charge in [-0.25, -0.2) is 0 Å². The minimum absolute atomic E-state index is 0.350. The van der Waals surface area contributed by atoms with Crippen LogP contribution in [0.25, 0.3) is 39.5 Å². The van der Waals surface area contributed by atoms with Crippen molar-refractivity contribution >= 4 is 17.4 Å². The van der Waals surface area contributed by atoms with Gasteiger partial charge in [-0.3, -0.25) is 0 Å². The quantitative estimate of drug-likeness (QED) is 0.432. The van der Waals surface area contributed by atoms with Crippen molar-refractivity contribution in [2.24, 2.45) is 0 Å². The second kappa shape index (κ2) is 6.86. The van der Waals surface area contributed by atoms with Gasteiger partial charge in [0.25, 0.3) is 11.1 Å². The smallest absolute Gasteiger partial charge is 0.276 e. The number of thioether (sulfide) groups is 1. The Morgan fingerprint density at radius 1 is 0.821 bits per heavy atom. The number of fused-ring (bicyclic) bond motifs is 1. The van der Waals surface area contributed by atoms with Crippen LogP contribution >= 0.6 is 11.8 Å². The first kappa shape index (κ1) is 16.6. The van der Waals surface area contributed by atoms with Gasteiger partial charge >= 0.3 is 0 Å². The summed E-state index contributed by atoms with van der Waals surface area (Å²) in [4.78, 5) is 0. The molecule has 2 aromatic carbocycles. The van der Waals surface area contributed by atoms with Crippen molar-refractivity contribution in [3.05, 3.63) is 60.7 Å². The molecule has 8 nitrogen and oxygen atoms in total. The molecule has 5 aromatic rings. The zero-order valence-corrected chi connectivity index (χ0v) is 15.5. The number of rotatable bonds is 4. The maximum absolute atomic E-state index is 5.85. The van der Waals surface area contributed by atoms with Crippen molar-refractivity contribution in [1.82, 2.24) is 35.5 Å². The van der Waals surface area contributed by atoms with E-state index in [-0.39, 0.29) is 0 Å². The average Bonchev–Trinajstić information content (AvgIpc) is 3.43. The fourth-order valence-corrected chi connectivity index (χ4v) is 3.34. The molecular formula is C19H13N7OS. The molecule has 0 aliphatic carbocycles. The maximum atomic E-state index is 5.85. The highest BCUT2D eigenvalue weighted by molar-refractivity contribution is 7.98. The van der Waals surface area contributed by atoms with Crippen molar-refractivity contribution in [3.8, 4) is 33.8 Å². The van der Waals surface area contributed by atoms with Crippen molar-refractivity contribution in [3.63, 3.8) is 0 Å². The number of hydrogen-bond acceptors (Lipinski definition) is 8. The first-order valence-corrected chi connectivity index (χ1v) is 9.68. The zero-order valence-electron chi connectivity index (χ0n) is 14.7. The Labute approximate surface area is 163 Å². The van der Waals surface area contributed by atoms with E-state index in [0.717, 1.165) is 22.4 Å². The summed E-state index contributed by atoms with van der Waals surface area (Å²) < 4.78 is 7.25. The average molecular weight is 387 g/mol. The number of benzene rings is 2. The summed E-state index contributed by atoms with van der Waals surface area (Å²) in [7, 11) is 0. The molecule has 0 radical (unpaired) electrons. The van der Waals surface area contributed by atoms with E-state index in [1.807, 2.05) is 66.9 Å². The van der Waals surface area contributed by atoms with Gasteiger partial charge in [-0.05, 0) is 22.2 Å². The molecule has 28 heavy (non-hydrogen) atoms. The summed E-state index contributed by atoms with van der Waals surface area (Å²) in [5.74, 6) is 0.350. The van der Waals surface area contributed by atoms with Crippen LogP contribution in [0.5, 0.6) is 0 Å². The Morgan fingerprint density at radius 3 is 2.21 bits per heavy atom. The molecule has 5 rings (SSSR count). The predicted molar refractivity (Wildman–Crippen MR) is 105 cm³/mol. The van der Waals surface area contributed by atoms with Crippen LogP contribution in [0.3, 0.4) is 0 Å². The normalized spacial score (nSPS) is 11.2. The minimum atomic E-state index is 0.350. The van der Waals surface area contributed by atoms with Gasteiger partial charge in [-0.1, -0.05) is 72.4 Å². The van der Waals surface area contributed by atoms with Crippen LogP contribution in [0.2, 0.25) is 0 Å². The third-order valence-electron chi connectivity index (χ3n) is 4.26. The molecule has 0 bridgehead atoms. The lowest BCUT2D eigenvalue weighted by atomic mass is 9.95. The van der Waals surface area contributed by atoms with Crippen LogP contribution in [0, 0.1) is 0 Å². The fraction of sp³-hybridized carbons (Fsp3) is 0.0526. The summed E-state index contributed by atoms with van der Waals surface area (Å²) in [6, 6.07) is 19.8. The van der Waals surface area contributed by atoms with Crippen molar-refractivity contribution in [2.45, 2.75) is 5.22 Å². The molecule has 0 saturated heterocycles. The highest BCUT2D eigenvalue weighted by Gasteiger charge is 2.25. The molecule has 0 N–H and O–H groups in total. The molecule has 0 unspecified atom stereocenters. The van der Waals surface area contributed by atoms with E-state index in [0.29, 0.717) is 22.3 Å². The van der Waals surface area contributed by atoms with Crippen LogP contribution in [-0.4, -0.2) is 41.7 Å². The third-order valence-corrected chi connectivity index (χ3v) is 4.78. The Balaban J connectivity index is 1.92. The molecule has 0 aliphatic heterocycles. The Hall–Kier alpha value is -3.59. The van der Waals surface area contributed by atoms with Crippen molar-refractivity contribution in [1.29, 1.82) is 0 Å². The second-order valence-electron chi connectivity index (χ2n) is 5.90. The van der Waals surface area contributed by atoms with Crippen molar-refractivity contribution < 1.29 is 4.42 Å². The number of hydrogen-bond donors (Lipinski definition) is 0. The summed E-state index contributed by atoms with van der Waals surface area (Å²) in [5.41, 5.74) is 4.56. The molecule has 0 fully saturated rings. The topological polar surface area (TPSA) is 94.9 Å². The fourth-order valence-electron chi connectivity index (χ4n) is 3.05. The van der Waals surface area contributed by atoms with E-state index >= 15 is 0 Å². The standard InChI is InChI=1S/C19H13N7OS/c1-28-19-22-21-18(27-19)15-14(12-8-4-2-5-9-12)16(13-10-6-3-7-11-13)23-26-17(15)20-24-25-26/h2-11H,1H3. The SMILES string of the molecule is CSc1nnc(-c2c(-c3ccccc3)c(-c3ccccc3)nn3nnnc23)o1. The summed E-state index contributed by atoms with van der Waals surface area (Å²) in [5, 5.41) is 25.4. The third kappa shape index (κ3) is 2.72. The van der Waals surface area contributed by atoms with E-state index in [9.17, 15) is 0 Å². The van der Waals surface area contributed by atoms with E-state index in [1.165, 1.54) is 16.4 Å². The Kier molecular flexibility index (Phi) is 4.06. The summed E-state index contributed by atoms with van der Waals surface area (Å²) >= 11 is 1.38. The van der Waals surface area contributed by atoms with Gasteiger partial charge in [0.05, 0.1) is 5.56 Å². The van der Waals surface area contributed by atoms with Crippen LogP contribution in [0.15, 0.2) is 70.3 Å². The first-order valence-electron chi connectivity index (χ1n) is 8.46. The first-order chi connectivity index (χ1) is 13.8. The molecule has 136 valence electrons. The van der Waals surface area contributed by atoms with Crippen molar-refractivity contribution in [2.75, 3.05) is 6.26 Å². The monoisotopic (exact) mass is 387 g/mol.